The number of nitrogens with two attached hydrogens (primary N) is 1. The van der Waals surface area contributed by atoms with E-state index in [0.717, 1.165) is 0 Å². The molecule has 0 saturated heterocycles. The van der Waals surface area contributed by atoms with E-state index in [2.05, 4.69) is 19.8 Å². The minimum absolute atomic E-state index is 0.228. The highest BCUT2D eigenvalue weighted by Crippen LogP contribution is 1.79. The van der Waals surface area contributed by atoms with Crippen molar-refractivity contribution in [3.8, 4) is 0 Å². The van der Waals surface area contributed by atoms with E-state index < -0.39 is 0 Å². The van der Waals surface area contributed by atoms with Crippen LogP contribution in [-0.2, 0) is 9.57 Å². The fraction of sp³-hybridized carbons (Fsp3) is 0.600. The third kappa shape index (κ3) is 5.20. The van der Waals surface area contributed by atoms with Crippen LogP contribution in [0.2, 0.25) is 0 Å². The highest BCUT2D eigenvalue weighted by atomic mass is 16.6. The average molecular weight is 145 g/mol. The third-order valence-corrected chi connectivity index (χ3v) is 0.710. The number of nitrogens with zero attached hydrogens (tertiary/aromatic N) is 2. The summed E-state index contributed by atoms with van der Waals surface area (Å²) >= 11 is 0. The van der Waals surface area contributed by atoms with Gasteiger partial charge in [-0.05, 0) is 6.92 Å². The van der Waals surface area contributed by atoms with Crippen LogP contribution < -0.4 is 5.90 Å². The molecule has 10 heavy (non-hydrogen) atoms. The molecule has 0 rings (SSSR count). The lowest BCUT2D eigenvalue weighted by Gasteiger charge is -1.96. The van der Waals surface area contributed by atoms with Gasteiger partial charge in [0.15, 0.2) is 6.40 Å². The van der Waals surface area contributed by atoms with Gasteiger partial charge in [0.05, 0.1) is 13.3 Å². The Balaban J connectivity index is 3.44. The summed E-state index contributed by atoms with van der Waals surface area (Å²) in [5.74, 6) is 4.81. The zero-order chi connectivity index (χ0) is 7.82. The molecule has 0 spiro atoms. The average Bonchev–Trinajstić information content (AvgIpc) is 1.98. The second-order valence-electron chi connectivity index (χ2n) is 1.56. The second kappa shape index (κ2) is 6.18. The van der Waals surface area contributed by atoms with Crippen molar-refractivity contribution in [1.82, 2.24) is 0 Å². The Kier molecular flexibility index (Phi) is 5.60. The molecule has 0 aromatic rings. The summed E-state index contributed by atoms with van der Waals surface area (Å²) in [5.41, 5.74) is 0. The van der Waals surface area contributed by atoms with Crippen molar-refractivity contribution in [1.29, 1.82) is 0 Å². The molecular weight excluding hydrogens is 134 g/mol. The minimum atomic E-state index is -0.228. The molecule has 0 amide bonds. The monoisotopic (exact) mass is 145 g/mol. The van der Waals surface area contributed by atoms with Crippen molar-refractivity contribution in [2.45, 2.75) is 13.0 Å². The summed E-state index contributed by atoms with van der Waals surface area (Å²) in [7, 11) is 1.49. The molecule has 0 aliphatic heterocycles. The molecule has 0 aliphatic carbocycles. The Labute approximate surface area is 59.5 Å². The van der Waals surface area contributed by atoms with Gasteiger partial charge in [-0.25, -0.2) is 5.90 Å². The van der Waals surface area contributed by atoms with Gasteiger partial charge in [-0.3, -0.25) is 4.84 Å². The fourth-order valence-electron chi connectivity index (χ4n) is 0.242. The van der Waals surface area contributed by atoms with Gasteiger partial charge in [0.25, 0.3) is 0 Å². The molecule has 0 heterocycles. The van der Waals surface area contributed by atoms with Crippen LogP contribution in [0.5, 0.6) is 0 Å². The van der Waals surface area contributed by atoms with E-state index >= 15 is 0 Å². The Morgan fingerprint density at radius 2 is 2.20 bits per heavy atom. The maximum atomic E-state index is 4.81. The lowest BCUT2D eigenvalue weighted by atomic mass is 10.5. The number of hydrogen-bond acceptors (Lipinski definition) is 5. The first kappa shape index (κ1) is 9.06. The molecular formula is C5H11N3O2. The molecule has 58 valence electrons. The van der Waals surface area contributed by atoms with Gasteiger partial charge in [0.1, 0.15) is 6.10 Å². The van der Waals surface area contributed by atoms with Crippen LogP contribution in [0.4, 0.5) is 0 Å². The van der Waals surface area contributed by atoms with Crippen LogP contribution in [0, 0.1) is 0 Å². The van der Waals surface area contributed by atoms with Crippen molar-refractivity contribution in [2.24, 2.45) is 16.1 Å². The van der Waals surface area contributed by atoms with Crippen LogP contribution in [0.3, 0.4) is 0 Å². The zero-order valence-electron chi connectivity index (χ0n) is 6.02. The predicted molar refractivity (Wildman–Crippen MR) is 38.7 cm³/mol. The molecule has 0 saturated carbocycles. The topological polar surface area (TPSA) is 69.2 Å². The van der Waals surface area contributed by atoms with Gasteiger partial charge in [0, 0.05) is 0 Å². The van der Waals surface area contributed by atoms with Crippen molar-refractivity contribution in [3.63, 3.8) is 0 Å². The Bertz CT molecular complexity index is 124. The third-order valence-electron chi connectivity index (χ3n) is 0.710. The van der Waals surface area contributed by atoms with Crippen molar-refractivity contribution >= 4 is 12.6 Å². The zero-order valence-corrected chi connectivity index (χ0v) is 6.02. The highest BCUT2D eigenvalue weighted by Gasteiger charge is 1.90. The molecule has 0 bridgehead atoms. The molecule has 0 unspecified atom stereocenters. The number of methoxy groups -OCH3 is 1. The number of rotatable bonds is 4. The Morgan fingerprint density at radius 3 is 2.70 bits per heavy atom. The van der Waals surface area contributed by atoms with Gasteiger partial charge in [-0.15, -0.1) is 5.10 Å². The molecule has 0 fully saturated rings. The molecule has 2 N–H and O–H groups in total. The van der Waals surface area contributed by atoms with Gasteiger partial charge in [-0.2, -0.15) is 5.10 Å². The summed E-state index contributed by atoms with van der Waals surface area (Å²) in [4.78, 5) is 4.37. The van der Waals surface area contributed by atoms with Crippen LogP contribution in [0.15, 0.2) is 10.2 Å². The Hall–Kier alpha value is -0.940. The predicted octanol–water partition coefficient (Wildman–Crippen LogP) is -0.0743. The van der Waals surface area contributed by atoms with Crippen molar-refractivity contribution in [2.75, 3.05) is 7.11 Å². The lowest BCUT2D eigenvalue weighted by molar-refractivity contribution is 0.115. The summed E-state index contributed by atoms with van der Waals surface area (Å²) < 4.78 is 4.48. The number of ether oxygens (including phenoxy) is 1. The van der Waals surface area contributed by atoms with E-state index in [4.69, 9.17) is 5.90 Å². The maximum absolute atomic E-state index is 4.81. The normalized spacial score (nSPS) is 14.7. The summed E-state index contributed by atoms with van der Waals surface area (Å²) in [5, 5.41) is 7.01. The van der Waals surface area contributed by atoms with E-state index in [9.17, 15) is 0 Å². The van der Waals surface area contributed by atoms with Crippen LogP contribution >= 0.6 is 0 Å². The van der Waals surface area contributed by atoms with Gasteiger partial charge in [-0.1, -0.05) is 0 Å². The van der Waals surface area contributed by atoms with E-state index in [-0.39, 0.29) is 6.10 Å². The van der Waals surface area contributed by atoms with Gasteiger partial charge in [0.2, 0.25) is 0 Å². The molecule has 1 atom stereocenters. The van der Waals surface area contributed by atoms with E-state index in [0.29, 0.717) is 0 Å². The van der Waals surface area contributed by atoms with Gasteiger partial charge >= 0.3 is 0 Å². The first-order valence-electron chi connectivity index (χ1n) is 2.74. The van der Waals surface area contributed by atoms with Crippen molar-refractivity contribution in [3.05, 3.63) is 0 Å². The molecule has 5 nitrogen and oxygen atoms in total. The minimum Gasteiger partial charge on any atom is -0.485 e. The molecule has 0 radical (unpaired) electrons. The summed E-state index contributed by atoms with van der Waals surface area (Å²) in [6.07, 6.45) is 2.43. The molecule has 0 aromatic carbocycles. The maximum Gasteiger partial charge on any atom is 0.194 e. The smallest absolute Gasteiger partial charge is 0.194 e. The summed E-state index contributed by atoms with van der Waals surface area (Å²) in [6, 6.07) is 0. The van der Waals surface area contributed by atoms with Crippen LogP contribution in [0.25, 0.3) is 0 Å². The molecule has 0 aliphatic rings. The van der Waals surface area contributed by atoms with E-state index in [1.165, 1.54) is 19.7 Å². The van der Waals surface area contributed by atoms with E-state index in [1.807, 2.05) is 0 Å². The Morgan fingerprint density at radius 1 is 1.50 bits per heavy atom. The molecule has 5 heteroatoms. The van der Waals surface area contributed by atoms with Crippen LogP contribution in [0.1, 0.15) is 6.92 Å². The SMILES string of the molecule is CO/C=N/N=C\[C@H](C)ON. The number of hydrogen-bond donors (Lipinski definition) is 1. The fourth-order valence-corrected chi connectivity index (χ4v) is 0.242. The summed E-state index contributed by atoms with van der Waals surface area (Å²) in [6.45, 7) is 1.74. The lowest BCUT2D eigenvalue weighted by Crippen LogP contribution is -2.13. The first-order chi connectivity index (χ1) is 4.81. The second-order valence-corrected chi connectivity index (χ2v) is 1.56. The standard InChI is InChI=1S/C5H11N3O2/c1-5(10-6)3-7-8-4-9-2/h3-5H,6H2,1-2H3/b7-3-,8-4+/t5-/m0/s1. The van der Waals surface area contributed by atoms with E-state index in [1.54, 1.807) is 6.92 Å². The largest absolute Gasteiger partial charge is 0.485 e. The van der Waals surface area contributed by atoms with Gasteiger partial charge < -0.3 is 4.74 Å². The first-order valence-corrected chi connectivity index (χ1v) is 2.74. The quantitative estimate of drug-likeness (QED) is 0.342. The molecule has 0 aromatic heterocycles. The van der Waals surface area contributed by atoms with Crippen molar-refractivity contribution < 1.29 is 9.57 Å². The van der Waals surface area contributed by atoms with Crippen LogP contribution in [-0.4, -0.2) is 25.8 Å². The highest BCUT2D eigenvalue weighted by molar-refractivity contribution is 5.63.